The maximum Gasteiger partial charge on any atom is 0.416 e. The maximum atomic E-state index is 13.5. The van der Waals surface area contributed by atoms with Crippen molar-refractivity contribution in [2.45, 2.75) is 39.8 Å². The molecule has 0 fully saturated rings. The van der Waals surface area contributed by atoms with E-state index in [-0.39, 0.29) is 12.0 Å². The smallest absolute Gasteiger partial charge is 0.416 e. The zero-order valence-corrected chi connectivity index (χ0v) is 17.6. The molecule has 0 saturated heterocycles. The minimum atomic E-state index is -4.48. The van der Waals surface area contributed by atoms with Crippen molar-refractivity contribution in [2.75, 3.05) is 13.7 Å². The number of alkyl halides is 3. The van der Waals surface area contributed by atoms with Crippen LogP contribution in [0.1, 0.15) is 46.7 Å². The molecule has 0 radical (unpaired) electrons. The highest BCUT2D eigenvalue weighted by atomic mass is 19.4. The molecule has 0 saturated carbocycles. The highest BCUT2D eigenvalue weighted by molar-refractivity contribution is 5.76. The largest absolute Gasteiger partial charge is 0.469 e. The second-order valence-corrected chi connectivity index (χ2v) is 7.75. The first-order chi connectivity index (χ1) is 14.0. The maximum absolute atomic E-state index is 13.5. The van der Waals surface area contributed by atoms with Crippen LogP contribution in [0, 0.1) is 19.3 Å². The Hall–Kier alpha value is -2.60. The molecule has 2 aromatic rings. The third-order valence-electron chi connectivity index (χ3n) is 5.50. The van der Waals surface area contributed by atoms with Gasteiger partial charge in [-0.3, -0.25) is 4.79 Å². The van der Waals surface area contributed by atoms with E-state index in [0.29, 0.717) is 12.0 Å². The molecule has 30 heavy (non-hydrogen) atoms. The molecule has 0 bridgehead atoms. The molecule has 0 unspecified atom stereocenters. The Kier molecular flexibility index (Phi) is 7.48. The van der Waals surface area contributed by atoms with Gasteiger partial charge in [0.25, 0.3) is 0 Å². The van der Waals surface area contributed by atoms with Gasteiger partial charge in [-0.2, -0.15) is 13.2 Å². The molecule has 0 aliphatic rings. The van der Waals surface area contributed by atoms with Crippen molar-refractivity contribution in [3.63, 3.8) is 0 Å². The molecule has 1 N–H and O–H groups in total. The lowest BCUT2D eigenvalue weighted by Gasteiger charge is -2.24. The number of hydrogen-bond donors (Lipinski definition) is 1. The van der Waals surface area contributed by atoms with Gasteiger partial charge in [0.1, 0.15) is 0 Å². The zero-order valence-electron chi connectivity index (χ0n) is 17.6. The van der Waals surface area contributed by atoms with Gasteiger partial charge in [-0.15, -0.1) is 0 Å². The van der Waals surface area contributed by atoms with Crippen LogP contribution in [0.2, 0.25) is 0 Å². The van der Waals surface area contributed by atoms with Crippen molar-refractivity contribution in [1.82, 2.24) is 0 Å². The van der Waals surface area contributed by atoms with Gasteiger partial charge in [-0.05, 0) is 67.5 Å². The molecule has 6 heteroatoms. The van der Waals surface area contributed by atoms with Crippen LogP contribution in [0.4, 0.5) is 13.2 Å². The summed E-state index contributed by atoms with van der Waals surface area (Å²) in [6, 6.07) is 9.64. The molecule has 2 aromatic carbocycles. The Labute approximate surface area is 175 Å². The standard InChI is InChI=1S/C24H27F3O3/c1-16-6-5-7-19(17(16)2)9-10-20-14-18(8-11-21(20)24(25,26)27)12-13-23(3,15-28)22(29)30-4/h5-11,14,28H,12-13,15H2,1-4H3/b10-9+/t23-/m0/s1. The predicted octanol–water partition coefficient (Wildman–Crippen LogP) is 5.60. The number of benzene rings is 2. The monoisotopic (exact) mass is 420 g/mol. The number of aryl methyl sites for hydroxylation is 2. The lowest BCUT2D eigenvalue weighted by molar-refractivity contribution is -0.154. The first kappa shape index (κ1) is 23.7. The summed E-state index contributed by atoms with van der Waals surface area (Å²) in [6.07, 6.45) is -0.746. The van der Waals surface area contributed by atoms with Crippen molar-refractivity contribution in [3.8, 4) is 0 Å². The van der Waals surface area contributed by atoms with Gasteiger partial charge in [0.05, 0.1) is 24.7 Å². The molecule has 2 rings (SSSR count). The Morgan fingerprint density at radius 2 is 1.77 bits per heavy atom. The van der Waals surface area contributed by atoms with Crippen LogP contribution in [-0.4, -0.2) is 24.8 Å². The number of carbonyl (C=O) groups excluding carboxylic acids is 1. The Bertz CT molecular complexity index is 932. The summed E-state index contributed by atoms with van der Waals surface area (Å²) < 4.78 is 45.2. The van der Waals surface area contributed by atoms with Crippen LogP contribution >= 0.6 is 0 Å². The van der Waals surface area contributed by atoms with Crippen molar-refractivity contribution < 1.29 is 27.8 Å². The topological polar surface area (TPSA) is 46.5 Å². The molecule has 0 aromatic heterocycles. The van der Waals surface area contributed by atoms with Crippen molar-refractivity contribution in [3.05, 3.63) is 69.8 Å². The molecule has 0 amide bonds. The normalized spacial score (nSPS) is 14.0. The van der Waals surface area contributed by atoms with E-state index < -0.39 is 29.7 Å². The number of esters is 1. The van der Waals surface area contributed by atoms with Gasteiger partial charge in [0.2, 0.25) is 0 Å². The fourth-order valence-corrected chi connectivity index (χ4v) is 3.21. The average molecular weight is 420 g/mol. The SMILES string of the molecule is COC(=O)[C@](C)(CO)CCc1ccc(C(F)(F)F)c(/C=C/c2cccc(C)c2C)c1. The summed E-state index contributed by atoms with van der Waals surface area (Å²) in [5.41, 5.74) is 1.81. The van der Waals surface area contributed by atoms with E-state index >= 15 is 0 Å². The van der Waals surface area contributed by atoms with Crippen molar-refractivity contribution in [2.24, 2.45) is 5.41 Å². The van der Waals surface area contributed by atoms with E-state index in [4.69, 9.17) is 4.74 Å². The number of halogens is 3. The second-order valence-electron chi connectivity index (χ2n) is 7.75. The van der Waals surface area contributed by atoms with Crippen LogP contribution in [0.3, 0.4) is 0 Å². The van der Waals surface area contributed by atoms with Gasteiger partial charge in [0, 0.05) is 0 Å². The summed E-state index contributed by atoms with van der Waals surface area (Å²) in [4.78, 5) is 11.9. The highest BCUT2D eigenvalue weighted by Gasteiger charge is 2.34. The van der Waals surface area contributed by atoms with Crippen molar-refractivity contribution in [1.29, 1.82) is 0 Å². The molecule has 3 nitrogen and oxygen atoms in total. The minimum absolute atomic E-state index is 0.0599. The van der Waals surface area contributed by atoms with Crippen LogP contribution in [0.25, 0.3) is 12.2 Å². The number of carbonyl (C=O) groups is 1. The second kappa shape index (κ2) is 9.47. The van der Waals surface area contributed by atoms with E-state index in [2.05, 4.69) is 0 Å². The molecule has 1 atom stereocenters. The summed E-state index contributed by atoms with van der Waals surface area (Å²) in [5.74, 6) is -0.549. The quantitative estimate of drug-likeness (QED) is 0.469. The van der Waals surface area contributed by atoms with E-state index in [1.165, 1.54) is 25.3 Å². The van der Waals surface area contributed by atoms with Crippen LogP contribution < -0.4 is 0 Å². The number of aliphatic hydroxyl groups is 1. The lowest BCUT2D eigenvalue weighted by Crippen LogP contribution is -2.33. The van der Waals surface area contributed by atoms with E-state index in [1.54, 1.807) is 13.0 Å². The fourth-order valence-electron chi connectivity index (χ4n) is 3.21. The van der Waals surface area contributed by atoms with Gasteiger partial charge < -0.3 is 9.84 Å². The molecule has 0 heterocycles. The fraction of sp³-hybridized carbons (Fsp3) is 0.375. The lowest BCUT2D eigenvalue weighted by atomic mass is 9.84. The Morgan fingerprint density at radius 3 is 2.37 bits per heavy atom. The molecular formula is C24H27F3O3. The van der Waals surface area contributed by atoms with Gasteiger partial charge in [-0.1, -0.05) is 42.5 Å². The van der Waals surface area contributed by atoms with E-state index in [0.717, 1.165) is 22.8 Å². The number of aliphatic hydroxyl groups excluding tert-OH is 1. The molecular weight excluding hydrogens is 393 g/mol. The van der Waals surface area contributed by atoms with Gasteiger partial charge >= 0.3 is 12.1 Å². The van der Waals surface area contributed by atoms with Crippen LogP contribution in [0.5, 0.6) is 0 Å². The summed E-state index contributed by atoms with van der Waals surface area (Å²) in [5, 5.41) is 9.57. The summed E-state index contributed by atoms with van der Waals surface area (Å²) >= 11 is 0. The molecule has 0 aliphatic carbocycles. The first-order valence-corrected chi connectivity index (χ1v) is 9.65. The minimum Gasteiger partial charge on any atom is -0.469 e. The summed E-state index contributed by atoms with van der Waals surface area (Å²) in [6.45, 7) is 5.05. The first-order valence-electron chi connectivity index (χ1n) is 9.65. The molecule has 0 aliphatic heterocycles. The average Bonchev–Trinajstić information content (AvgIpc) is 2.71. The Balaban J connectivity index is 2.37. The van der Waals surface area contributed by atoms with Crippen LogP contribution in [-0.2, 0) is 22.1 Å². The van der Waals surface area contributed by atoms with Crippen molar-refractivity contribution >= 4 is 18.1 Å². The Morgan fingerprint density at radius 1 is 1.10 bits per heavy atom. The summed E-state index contributed by atoms with van der Waals surface area (Å²) in [7, 11) is 1.24. The third kappa shape index (κ3) is 5.51. The number of methoxy groups -OCH3 is 1. The third-order valence-corrected chi connectivity index (χ3v) is 5.50. The highest BCUT2D eigenvalue weighted by Crippen LogP contribution is 2.34. The van der Waals surface area contributed by atoms with E-state index in [9.17, 15) is 23.1 Å². The number of rotatable bonds is 7. The van der Waals surface area contributed by atoms with Gasteiger partial charge in [0.15, 0.2) is 0 Å². The number of ether oxygens (including phenoxy) is 1. The van der Waals surface area contributed by atoms with Crippen LogP contribution in [0.15, 0.2) is 36.4 Å². The molecule has 0 spiro atoms. The predicted molar refractivity (Wildman–Crippen MR) is 112 cm³/mol. The zero-order chi connectivity index (χ0) is 22.5. The molecule has 162 valence electrons. The number of hydrogen-bond acceptors (Lipinski definition) is 3. The van der Waals surface area contributed by atoms with E-state index in [1.807, 2.05) is 32.0 Å². The van der Waals surface area contributed by atoms with Gasteiger partial charge in [-0.25, -0.2) is 0 Å².